The van der Waals surface area contributed by atoms with Crippen LogP contribution in [0.25, 0.3) is 0 Å². The lowest BCUT2D eigenvalue weighted by atomic mass is 9.85. The van der Waals surface area contributed by atoms with Gasteiger partial charge in [-0.15, -0.1) is 0 Å². The lowest BCUT2D eigenvalue weighted by Gasteiger charge is -2.20. The van der Waals surface area contributed by atoms with Crippen molar-refractivity contribution in [3.05, 3.63) is 60.7 Å². The molecule has 0 unspecified atom stereocenters. The summed E-state index contributed by atoms with van der Waals surface area (Å²) in [7, 11) is 0. The standard InChI is InChI=1S/C27H26N2O6/c1-2-34-23-13-6-5-12-22(23)28-16-17(14-24(28)30)27(33)35-19-9-7-8-18(15-19)29-25(31)20-10-3-4-11-21(20)26(29)32/h3-9,12-13,15,17,20-21H,2,10-11,14,16H2,1H3/t17-,20+,21+/m1/s1. The Balaban J connectivity index is 1.29. The van der Waals surface area contributed by atoms with Crippen molar-refractivity contribution in [1.82, 2.24) is 0 Å². The fraction of sp³-hybridized carbons (Fsp3) is 0.333. The van der Waals surface area contributed by atoms with Crippen LogP contribution in [0.4, 0.5) is 11.4 Å². The average Bonchev–Trinajstić information content (AvgIpc) is 3.37. The van der Waals surface area contributed by atoms with E-state index in [1.807, 2.05) is 31.2 Å². The summed E-state index contributed by atoms with van der Waals surface area (Å²) in [6, 6.07) is 13.6. The van der Waals surface area contributed by atoms with E-state index in [0.717, 1.165) is 0 Å². The molecule has 0 bridgehead atoms. The zero-order chi connectivity index (χ0) is 24.5. The van der Waals surface area contributed by atoms with Crippen LogP contribution in [0.15, 0.2) is 60.7 Å². The molecule has 35 heavy (non-hydrogen) atoms. The van der Waals surface area contributed by atoms with E-state index in [2.05, 4.69) is 0 Å². The quantitative estimate of drug-likeness (QED) is 0.275. The van der Waals surface area contributed by atoms with Gasteiger partial charge in [0.15, 0.2) is 0 Å². The number of para-hydroxylation sites is 2. The molecule has 180 valence electrons. The summed E-state index contributed by atoms with van der Waals surface area (Å²) in [5.74, 6) is -1.69. The molecule has 0 saturated carbocycles. The highest BCUT2D eigenvalue weighted by molar-refractivity contribution is 6.22. The van der Waals surface area contributed by atoms with E-state index in [0.29, 0.717) is 36.6 Å². The number of fused-ring (bicyclic) bond motifs is 1. The first kappa shape index (κ1) is 22.8. The fourth-order valence-electron chi connectivity index (χ4n) is 5.00. The van der Waals surface area contributed by atoms with Crippen LogP contribution in [0.3, 0.4) is 0 Å². The van der Waals surface area contributed by atoms with Crippen LogP contribution < -0.4 is 19.3 Å². The van der Waals surface area contributed by atoms with Crippen LogP contribution in [0.2, 0.25) is 0 Å². The predicted molar refractivity (Wildman–Crippen MR) is 128 cm³/mol. The van der Waals surface area contributed by atoms with E-state index in [1.165, 1.54) is 11.0 Å². The zero-order valence-corrected chi connectivity index (χ0v) is 19.4. The molecule has 0 spiro atoms. The number of carbonyl (C=O) groups is 4. The van der Waals surface area contributed by atoms with Gasteiger partial charge < -0.3 is 14.4 Å². The van der Waals surface area contributed by atoms with Gasteiger partial charge in [0, 0.05) is 19.0 Å². The van der Waals surface area contributed by atoms with Crippen molar-refractivity contribution in [3.63, 3.8) is 0 Å². The van der Waals surface area contributed by atoms with Gasteiger partial charge in [-0.2, -0.15) is 0 Å². The number of anilines is 2. The van der Waals surface area contributed by atoms with E-state index in [4.69, 9.17) is 9.47 Å². The van der Waals surface area contributed by atoms with Crippen LogP contribution in [0.5, 0.6) is 11.5 Å². The Morgan fingerprint density at radius 2 is 1.69 bits per heavy atom. The number of rotatable bonds is 6. The van der Waals surface area contributed by atoms with Crippen LogP contribution >= 0.6 is 0 Å². The number of nitrogens with zero attached hydrogens (tertiary/aromatic N) is 2. The van der Waals surface area contributed by atoms with E-state index in [-0.39, 0.29) is 48.3 Å². The number of amides is 3. The second-order valence-corrected chi connectivity index (χ2v) is 8.89. The summed E-state index contributed by atoms with van der Waals surface area (Å²) in [5.41, 5.74) is 1.01. The summed E-state index contributed by atoms with van der Waals surface area (Å²) in [4.78, 5) is 54.1. The molecule has 0 N–H and O–H groups in total. The van der Waals surface area contributed by atoms with E-state index < -0.39 is 11.9 Å². The monoisotopic (exact) mass is 474 g/mol. The van der Waals surface area contributed by atoms with Crippen molar-refractivity contribution in [2.75, 3.05) is 23.0 Å². The molecular weight excluding hydrogens is 448 g/mol. The number of allylic oxidation sites excluding steroid dienone is 2. The summed E-state index contributed by atoms with van der Waals surface area (Å²) >= 11 is 0. The topological polar surface area (TPSA) is 93.2 Å². The molecule has 3 amide bonds. The third kappa shape index (κ3) is 4.20. The Bertz CT molecular complexity index is 1200. The Morgan fingerprint density at radius 3 is 2.40 bits per heavy atom. The fourth-order valence-corrected chi connectivity index (χ4v) is 5.00. The summed E-state index contributed by atoms with van der Waals surface area (Å²) in [6.45, 7) is 2.51. The second kappa shape index (κ2) is 9.37. The van der Waals surface area contributed by atoms with Gasteiger partial charge in [0.05, 0.1) is 35.7 Å². The number of ether oxygens (including phenoxy) is 2. The zero-order valence-electron chi connectivity index (χ0n) is 19.4. The molecule has 3 atom stereocenters. The van der Waals surface area contributed by atoms with E-state index in [9.17, 15) is 19.2 Å². The highest BCUT2D eigenvalue weighted by atomic mass is 16.5. The molecule has 8 nitrogen and oxygen atoms in total. The summed E-state index contributed by atoms with van der Waals surface area (Å²) < 4.78 is 11.2. The van der Waals surface area contributed by atoms with Gasteiger partial charge in [-0.1, -0.05) is 30.4 Å². The minimum absolute atomic E-state index is 0.0262. The Labute approximate surface area is 203 Å². The molecule has 0 aromatic heterocycles. The lowest BCUT2D eigenvalue weighted by molar-refractivity contribution is -0.139. The SMILES string of the molecule is CCOc1ccccc1N1C[C@H](C(=O)Oc2cccc(N3C(=O)[C@H]4CC=CC[C@@H]4C3=O)c2)CC1=O. The van der Waals surface area contributed by atoms with Crippen LogP contribution in [-0.2, 0) is 19.2 Å². The first-order valence-electron chi connectivity index (χ1n) is 11.8. The van der Waals surface area contributed by atoms with Gasteiger partial charge >= 0.3 is 5.97 Å². The van der Waals surface area contributed by atoms with Crippen molar-refractivity contribution >= 4 is 35.1 Å². The first-order chi connectivity index (χ1) is 17.0. The van der Waals surface area contributed by atoms with E-state index in [1.54, 1.807) is 35.2 Å². The van der Waals surface area contributed by atoms with Gasteiger partial charge in [-0.3, -0.25) is 19.2 Å². The molecule has 2 heterocycles. The number of imide groups is 1. The maximum absolute atomic E-state index is 12.9. The smallest absolute Gasteiger partial charge is 0.316 e. The minimum atomic E-state index is -0.648. The predicted octanol–water partition coefficient (Wildman–Crippen LogP) is 3.50. The van der Waals surface area contributed by atoms with Gasteiger partial charge in [0.25, 0.3) is 0 Å². The molecule has 3 aliphatic rings. The number of hydrogen-bond donors (Lipinski definition) is 0. The third-order valence-corrected chi connectivity index (χ3v) is 6.72. The molecule has 2 fully saturated rings. The second-order valence-electron chi connectivity index (χ2n) is 8.89. The molecule has 0 radical (unpaired) electrons. The third-order valence-electron chi connectivity index (χ3n) is 6.72. The van der Waals surface area contributed by atoms with Crippen molar-refractivity contribution in [2.24, 2.45) is 17.8 Å². The summed E-state index contributed by atoms with van der Waals surface area (Å²) in [6.07, 6.45) is 5.01. The largest absolute Gasteiger partial charge is 0.492 e. The molecule has 8 heteroatoms. The van der Waals surface area contributed by atoms with Crippen LogP contribution in [-0.4, -0.2) is 36.8 Å². The lowest BCUT2D eigenvalue weighted by Crippen LogP contribution is -2.31. The number of esters is 1. The van der Waals surface area contributed by atoms with Crippen molar-refractivity contribution in [2.45, 2.75) is 26.2 Å². The van der Waals surface area contributed by atoms with Crippen molar-refractivity contribution in [1.29, 1.82) is 0 Å². The first-order valence-corrected chi connectivity index (χ1v) is 11.8. The molecule has 2 aromatic rings. The molecule has 2 saturated heterocycles. The molecule has 1 aliphatic carbocycles. The molecule has 5 rings (SSSR count). The van der Waals surface area contributed by atoms with Crippen molar-refractivity contribution < 1.29 is 28.7 Å². The van der Waals surface area contributed by atoms with Gasteiger partial charge in [-0.25, -0.2) is 4.90 Å². The summed E-state index contributed by atoms with van der Waals surface area (Å²) in [5, 5.41) is 0. The van der Waals surface area contributed by atoms with Gasteiger partial charge in [0.2, 0.25) is 17.7 Å². The number of benzene rings is 2. The Hall–Kier alpha value is -3.94. The van der Waals surface area contributed by atoms with E-state index >= 15 is 0 Å². The Kier molecular flexibility index (Phi) is 6.11. The molecular formula is C27H26N2O6. The average molecular weight is 475 g/mol. The van der Waals surface area contributed by atoms with Crippen LogP contribution in [0, 0.1) is 17.8 Å². The van der Waals surface area contributed by atoms with Crippen LogP contribution in [0.1, 0.15) is 26.2 Å². The van der Waals surface area contributed by atoms with Gasteiger partial charge in [-0.05, 0) is 44.0 Å². The number of hydrogen-bond acceptors (Lipinski definition) is 6. The minimum Gasteiger partial charge on any atom is -0.492 e. The highest BCUT2D eigenvalue weighted by Crippen LogP contribution is 2.39. The molecule has 2 aliphatic heterocycles. The highest BCUT2D eigenvalue weighted by Gasteiger charge is 2.48. The molecule has 2 aromatic carbocycles. The van der Waals surface area contributed by atoms with Gasteiger partial charge in [0.1, 0.15) is 11.5 Å². The maximum atomic E-state index is 12.9. The normalized spacial score (nSPS) is 23.6. The number of carbonyl (C=O) groups excluding carboxylic acids is 4. The Morgan fingerprint density at radius 1 is 0.971 bits per heavy atom. The maximum Gasteiger partial charge on any atom is 0.316 e. The van der Waals surface area contributed by atoms with Crippen molar-refractivity contribution in [3.8, 4) is 11.5 Å².